The fourth-order valence-electron chi connectivity index (χ4n) is 1.55. The number of hydrogen-bond donors (Lipinski definition) is 0. The molecule has 6 heteroatoms. The van der Waals surface area contributed by atoms with Crippen LogP contribution in [0.1, 0.15) is 30.1 Å². The zero-order valence-electron chi connectivity index (χ0n) is 7.79. The molecule has 1 saturated carbocycles. The first-order valence-corrected chi connectivity index (χ1v) is 5.53. The molecule has 74 valence electrons. The van der Waals surface area contributed by atoms with Gasteiger partial charge < -0.3 is 0 Å². The molecule has 0 atom stereocenters. The number of nitrogens with zero attached hydrogens (tertiary/aromatic N) is 5. The van der Waals surface area contributed by atoms with Gasteiger partial charge in [-0.3, -0.25) is 0 Å². The Morgan fingerprint density at radius 2 is 2.40 bits per heavy atom. The van der Waals surface area contributed by atoms with Crippen molar-refractivity contribution in [3.05, 3.63) is 23.0 Å². The van der Waals surface area contributed by atoms with Crippen molar-refractivity contribution in [2.24, 2.45) is 0 Å². The quantitative estimate of drug-likeness (QED) is 0.764. The van der Waals surface area contributed by atoms with E-state index in [1.807, 2.05) is 5.38 Å². The first-order chi connectivity index (χ1) is 7.40. The van der Waals surface area contributed by atoms with Crippen molar-refractivity contribution in [3.8, 4) is 11.2 Å². The molecule has 0 radical (unpaired) electrons. The molecule has 0 aliphatic heterocycles. The Kier molecular flexibility index (Phi) is 1.79. The second-order valence-electron chi connectivity index (χ2n) is 3.44. The topological polar surface area (TPSA) is 67.4 Å². The van der Waals surface area contributed by atoms with E-state index < -0.39 is 0 Å². The van der Waals surface area contributed by atoms with Crippen LogP contribution in [0.3, 0.4) is 0 Å². The SMILES string of the molecule is N#Cc1nnn(-c2nccs2)c1C1CC1. The van der Waals surface area contributed by atoms with Gasteiger partial charge in [-0.05, 0) is 12.8 Å². The third kappa shape index (κ3) is 1.32. The summed E-state index contributed by atoms with van der Waals surface area (Å²) in [6.45, 7) is 0. The van der Waals surface area contributed by atoms with Gasteiger partial charge in [0.25, 0.3) is 0 Å². The Bertz CT molecular complexity index is 517. The summed E-state index contributed by atoms with van der Waals surface area (Å²) < 4.78 is 1.70. The van der Waals surface area contributed by atoms with Crippen molar-refractivity contribution in [2.75, 3.05) is 0 Å². The lowest BCUT2D eigenvalue weighted by Crippen LogP contribution is -2.01. The highest BCUT2D eigenvalue weighted by atomic mass is 32.1. The average Bonchev–Trinajstić information content (AvgIpc) is 2.83. The summed E-state index contributed by atoms with van der Waals surface area (Å²) in [5.74, 6) is 0.443. The van der Waals surface area contributed by atoms with E-state index in [1.54, 1.807) is 10.9 Å². The van der Waals surface area contributed by atoms with Crippen molar-refractivity contribution in [2.45, 2.75) is 18.8 Å². The second kappa shape index (κ2) is 3.14. The Morgan fingerprint density at radius 3 is 3.00 bits per heavy atom. The molecule has 15 heavy (non-hydrogen) atoms. The smallest absolute Gasteiger partial charge is 0.211 e. The summed E-state index contributed by atoms with van der Waals surface area (Å²) in [5.41, 5.74) is 1.36. The van der Waals surface area contributed by atoms with Gasteiger partial charge in [0.1, 0.15) is 6.07 Å². The molecule has 1 aliphatic rings. The summed E-state index contributed by atoms with van der Waals surface area (Å²) in [6, 6.07) is 2.08. The second-order valence-corrected chi connectivity index (χ2v) is 4.31. The zero-order valence-corrected chi connectivity index (χ0v) is 8.61. The van der Waals surface area contributed by atoms with Crippen LogP contribution in [0.5, 0.6) is 0 Å². The van der Waals surface area contributed by atoms with Gasteiger partial charge in [0, 0.05) is 17.5 Å². The predicted octanol–water partition coefficient (Wildman–Crippen LogP) is 1.47. The highest BCUT2D eigenvalue weighted by Crippen LogP contribution is 2.41. The molecule has 3 rings (SSSR count). The van der Waals surface area contributed by atoms with E-state index >= 15 is 0 Å². The molecule has 2 heterocycles. The van der Waals surface area contributed by atoms with Crippen LogP contribution in [0, 0.1) is 11.3 Å². The van der Waals surface area contributed by atoms with Crippen molar-refractivity contribution < 1.29 is 0 Å². The van der Waals surface area contributed by atoms with Crippen LogP contribution in [0.25, 0.3) is 5.13 Å². The minimum absolute atomic E-state index is 0.438. The maximum absolute atomic E-state index is 8.92. The van der Waals surface area contributed by atoms with E-state index in [0.29, 0.717) is 11.6 Å². The maximum Gasteiger partial charge on any atom is 0.211 e. The lowest BCUT2D eigenvalue weighted by molar-refractivity contribution is 0.758. The normalized spacial score (nSPS) is 15.1. The van der Waals surface area contributed by atoms with Crippen molar-refractivity contribution in [1.82, 2.24) is 20.0 Å². The largest absolute Gasteiger partial charge is 0.227 e. The molecule has 2 aromatic rings. The monoisotopic (exact) mass is 217 g/mol. The van der Waals surface area contributed by atoms with E-state index in [-0.39, 0.29) is 0 Å². The number of aromatic nitrogens is 4. The van der Waals surface area contributed by atoms with Gasteiger partial charge in [-0.2, -0.15) is 9.94 Å². The predicted molar refractivity (Wildman–Crippen MR) is 53.7 cm³/mol. The summed E-state index contributed by atoms with van der Waals surface area (Å²) in [4.78, 5) is 4.17. The summed E-state index contributed by atoms with van der Waals surface area (Å²) in [5, 5.41) is 19.4. The summed E-state index contributed by atoms with van der Waals surface area (Å²) >= 11 is 1.50. The Labute approximate surface area is 90.0 Å². The summed E-state index contributed by atoms with van der Waals surface area (Å²) in [6.07, 6.45) is 3.96. The van der Waals surface area contributed by atoms with Gasteiger partial charge in [-0.15, -0.1) is 16.4 Å². The molecule has 0 bridgehead atoms. The van der Waals surface area contributed by atoms with Crippen LogP contribution in [0.4, 0.5) is 0 Å². The fourth-order valence-corrected chi connectivity index (χ4v) is 2.15. The van der Waals surface area contributed by atoms with E-state index in [1.165, 1.54) is 11.3 Å². The molecule has 0 saturated heterocycles. The van der Waals surface area contributed by atoms with Crippen molar-refractivity contribution >= 4 is 11.3 Å². The molecule has 0 aromatic carbocycles. The highest BCUT2D eigenvalue weighted by Gasteiger charge is 2.32. The van der Waals surface area contributed by atoms with E-state index in [9.17, 15) is 0 Å². The van der Waals surface area contributed by atoms with E-state index in [0.717, 1.165) is 23.7 Å². The molecule has 0 N–H and O–H groups in total. The van der Waals surface area contributed by atoms with Gasteiger partial charge in [-0.1, -0.05) is 5.21 Å². The first-order valence-electron chi connectivity index (χ1n) is 4.65. The number of nitriles is 1. The summed E-state index contributed by atoms with van der Waals surface area (Å²) in [7, 11) is 0. The molecule has 0 amide bonds. The fraction of sp³-hybridized carbons (Fsp3) is 0.333. The van der Waals surface area contributed by atoms with Gasteiger partial charge in [0.2, 0.25) is 5.13 Å². The molecular weight excluding hydrogens is 210 g/mol. The minimum Gasteiger partial charge on any atom is -0.227 e. The number of thiazole rings is 1. The highest BCUT2D eigenvalue weighted by molar-refractivity contribution is 7.12. The maximum atomic E-state index is 8.92. The van der Waals surface area contributed by atoms with Gasteiger partial charge in [0.05, 0.1) is 5.69 Å². The molecule has 2 aromatic heterocycles. The number of rotatable bonds is 2. The van der Waals surface area contributed by atoms with Gasteiger partial charge in [0.15, 0.2) is 5.69 Å². The minimum atomic E-state index is 0.438. The molecule has 0 spiro atoms. The van der Waals surface area contributed by atoms with Crippen LogP contribution in [-0.4, -0.2) is 20.0 Å². The standard InChI is InChI=1S/C9H7N5S/c10-5-7-8(6-1-2-6)14(13-12-7)9-11-3-4-15-9/h3-4,6H,1-2H2. The lowest BCUT2D eigenvalue weighted by Gasteiger charge is -1.99. The zero-order chi connectivity index (χ0) is 10.3. The molecule has 5 nitrogen and oxygen atoms in total. The third-order valence-corrected chi connectivity index (χ3v) is 3.12. The van der Waals surface area contributed by atoms with Crippen LogP contribution >= 0.6 is 11.3 Å². The van der Waals surface area contributed by atoms with E-state index in [4.69, 9.17) is 5.26 Å². The molecule has 1 fully saturated rings. The van der Waals surface area contributed by atoms with Gasteiger partial charge >= 0.3 is 0 Å². The average molecular weight is 217 g/mol. The van der Waals surface area contributed by atoms with Crippen LogP contribution in [0.15, 0.2) is 11.6 Å². The molecule has 0 unspecified atom stereocenters. The van der Waals surface area contributed by atoms with Crippen molar-refractivity contribution in [3.63, 3.8) is 0 Å². The van der Waals surface area contributed by atoms with Crippen LogP contribution in [-0.2, 0) is 0 Å². The van der Waals surface area contributed by atoms with E-state index in [2.05, 4.69) is 21.4 Å². The lowest BCUT2D eigenvalue weighted by atomic mass is 10.2. The third-order valence-electron chi connectivity index (χ3n) is 2.38. The molecule has 1 aliphatic carbocycles. The Balaban J connectivity index is 2.16. The Hall–Kier alpha value is -1.74. The first kappa shape index (κ1) is 8.56. The van der Waals surface area contributed by atoms with Gasteiger partial charge in [-0.25, -0.2) is 4.98 Å². The Morgan fingerprint density at radius 1 is 1.53 bits per heavy atom. The van der Waals surface area contributed by atoms with Crippen LogP contribution in [0.2, 0.25) is 0 Å². The number of hydrogen-bond acceptors (Lipinski definition) is 5. The molecular formula is C9H7N5S. The van der Waals surface area contributed by atoms with Crippen LogP contribution < -0.4 is 0 Å². The van der Waals surface area contributed by atoms with Crippen molar-refractivity contribution in [1.29, 1.82) is 5.26 Å².